The third-order valence-electron chi connectivity index (χ3n) is 3.45. The van der Waals surface area contributed by atoms with Crippen LogP contribution in [-0.2, 0) is 0 Å². The summed E-state index contributed by atoms with van der Waals surface area (Å²) in [6, 6.07) is 9.81. The molecule has 0 bridgehead atoms. The zero-order valence-electron chi connectivity index (χ0n) is 12.0. The van der Waals surface area contributed by atoms with Gasteiger partial charge in [-0.1, -0.05) is 29.8 Å². The van der Waals surface area contributed by atoms with Crippen LogP contribution in [0.15, 0.2) is 30.3 Å². The molecule has 21 heavy (non-hydrogen) atoms. The SMILES string of the molecule is Cc1ccc2cccc(Oc3nnc(Cl)c(C)c3C)c2n1. The van der Waals surface area contributed by atoms with E-state index in [0.29, 0.717) is 16.8 Å². The monoisotopic (exact) mass is 299 g/mol. The van der Waals surface area contributed by atoms with Crippen LogP contribution in [0.1, 0.15) is 16.8 Å². The predicted molar refractivity (Wildman–Crippen MR) is 83.1 cm³/mol. The molecule has 106 valence electrons. The van der Waals surface area contributed by atoms with Crippen molar-refractivity contribution in [3.63, 3.8) is 0 Å². The van der Waals surface area contributed by atoms with Gasteiger partial charge in [-0.3, -0.25) is 0 Å². The molecule has 0 radical (unpaired) electrons. The number of aromatic nitrogens is 3. The van der Waals surface area contributed by atoms with Crippen molar-refractivity contribution in [3.05, 3.63) is 52.3 Å². The Kier molecular flexibility index (Phi) is 3.47. The Morgan fingerprint density at radius 2 is 1.76 bits per heavy atom. The Balaban J connectivity index is 2.10. The van der Waals surface area contributed by atoms with Crippen LogP contribution in [0.3, 0.4) is 0 Å². The van der Waals surface area contributed by atoms with Gasteiger partial charge in [0.1, 0.15) is 5.52 Å². The van der Waals surface area contributed by atoms with Gasteiger partial charge in [0.05, 0.1) is 0 Å². The fourth-order valence-electron chi connectivity index (χ4n) is 2.06. The van der Waals surface area contributed by atoms with Gasteiger partial charge in [-0.25, -0.2) is 4.98 Å². The molecule has 0 amide bonds. The maximum Gasteiger partial charge on any atom is 0.242 e. The highest BCUT2D eigenvalue weighted by atomic mass is 35.5. The summed E-state index contributed by atoms with van der Waals surface area (Å²) in [7, 11) is 0. The largest absolute Gasteiger partial charge is 0.435 e. The van der Waals surface area contributed by atoms with Gasteiger partial charge in [-0.15, -0.1) is 10.2 Å². The lowest BCUT2D eigenvalue weighted by molar-refractivity contribution is 0.454. The normalized spacial score (nSPS) is 10.9. The molecule has 3 aromatic rings. The maximum atomic E-state index is 5.96. The molecule has 0 aliphatic carbocycles. The van der Waals surface area contributed by atoms with Gasteiger partial charge in [0.25, 0.3) is 0 Å². The van der Waals surface area contributed by atoms with Crippen molar-refractivity contribution in [1.82, 2.24) is 15.2 Å². The van der Waals surface area contributed by atoms with Crippen molar-refractivity contribution in [1.29, 1.82) is 0 Å². The van der Waals surface area contributed by atoms with Gasteiger partial charge in [-0.05, 0) is 38.5 Å². The van der Waals surface area contributed by atoms with E-state index in [1.165, 1.54) is 0 Å². The van der Waals surface area contributed by atoms with E-state index in [-0.39, 0.29) is 0 Å². The Labute approximate surface area is 127 Å². The quantitative estimate of drug-likeness (QED) is 0.704. The van der Waals surface area contributed by atoms with Gasteiger partial charge in [0.15, 0.2) is 10.9 Å². The van der Waals surface area contributed by atoms with Crippen LogP contribution in [0.5, 0.6) is 11.6 Å². The van der Waals surface area contributed by atoms with Crippen LogP contribution in [0, 0.1) is 20.8 Å². The van der Waals surface area contributed by atoms with E-state index < -0.39 is 0 Å². The van der Waals surface area contributed by atoms with E-state index in [9.17, 15) is 0 Å². The second-order valence-corrected chi connectivity index (χ2v) is 5.29. The van der Waals surface area contributed by atoms with Gasteiger partial charge in [-0.2, -0.15) is 0 Å². The number of aryl methyl sites for hydroxylation is 1. The van der Waals surface area contributed by atoms with E-state index in [4.69, 9.17) is 16.3 Å². The highest BCUT2D eigenvalue weighted by molar-refractivity contribution is 6.30. The van der Waals surface area contributed by atoms with Gasteiger partial charge < -0.3 is 4.74 Å². The number of ether oxygens (including phenoxy) is 1. The Hall–Kier alpha value is -2.20. The van der Waals surface area contributed by atoms with E-state index >= 15 is 0 Å². The first kappa shape index (κ1) is 13.8. The van der Waals surface area contributed by atoms with E-state index in [1.54, 1.807) is 0 Å². The minimum Gasteiger partial charge on any atom is -0.435 e. The fraction of sp³-hybridized carbons (Fsp3) is 0.188. The topological polar surface area (TPSA) is 47.9 Å². The summed E-state index contributed by atoms with van der Waals surface area (Å²) in [6.45, 7) is 5.76. The summed E-state index contributed by atoms with van der Waals surface area (Å²) in [5.74, 6) is 1.11. The molecular formula is C16H14ClN3O. The minimum absolute atomic E-state index is 0.395. The molecule has 0 N–H and O–H groups in total. The molecule has 0 fully saturated rings. The number of benzene rings is 1. The van der Waals surface area contributed by atoms with Gasteiger partial charge >= 0.3 is 0 Å². The number of hydrogen-bond acceptors (Lipinski definition) is 4. The molecule has 0 saturated carbocycles. The highest BCUT2D eigenvalue weighted by Gasteiger charge is 2.12. The Bertz CT molecular complexity index is 833. The zero-order chi connectivity index (χ0) is 15.0. The molecule has 0 saturated heterocycles. The first-order chi connectivity index (χ1) is 10.1. The average Bonchev–Trinajstić information content (AvgIpc) is 2.48. The predicted octanol–water partition coefficient (Wildman–Crippen LogP) is 4.40. The van der Waals surface area contributed by atoms with Crippen LogP contribution in [0.2, 0.25) is 5.15 Å². The summed E-state index contributed by atoms with van der Waals surface area (Å²) in [5.41, 5.74) is 3.49. The van der Waals surface area contributed by atoms with E-state index in [1.807, 2.05) is 51.1 Å². The summed E-state index contributed by atoms with van der Waals surface area (Å²) >= 11 is 5.96. The molecule has 0 aliphatic rings. The molecule has 0 aliphatic heterocycles. The lowest BCUT2D eigenvalue weighted by atomic mass is 10.2. The van der Waals surface area contributed by atoms with Crippen molar-refractivity contribution in [2.75, 3.05) is 0 Å². The molecule has 2 heterocycles. The van der Waals surface area contributed by atoms with Crippen molar-refractivity contribution in [2.45, 2.75) is 20.8 Å². The first-order valence-corrected chi connectivity index (χ1v) is 6.97. The molecule has 4 nitrogen and oxygen atoms in total. The summed E-state index contributed by atoms with van der Waals surface area (Å²) in [6.07, 6.45) is 0. The van der Waals surface area contributed by atoms with Gasteiger partial charge in [0.2, 0.25) is 5.88 Å². The molecule has 0 atom stereocenters. The van der Waals surface area contributed by atoms with Crippen molar-refractivity contribution >= 4 is 22.5 Å². The first-order valence-electron chi connectivity index (χ1n) is 6.60. The second-order valence-electron chi connectivity index (χ2n) is 4.93. The summed E-state index contributed by atoms with van der Waals surface area (Å²) in [5, 5.41) is 9.35. The number of rotatable bonds is 2. The molecule has 0 unspecified atom stereocenters. The Morgan fingerprint density at radius 1 is 0.952 bits per heavy atom. The number of pyridine rings is 1. The summed E-state index contributed by atoms with van der Waals surface area (Å²) in [4.78, 5) is 4.54. The van der Waals surface area contributed by atoms with Crippen LogP contribution >= 0.6 is 11.6 Å². The van der Waals surface area contributed by atoms with E-state index in [2.05, 4.69) is 15.2 Å². The molecule has 2 aromatic heterocycles. The molecule has 1 aromatic carbocycles. The number of fused-ring (bicyclic) bond motifs is 1. The fourth-order valence-corrected chi connectivity index (χ4v) is 2.23. The Morgan fingerprint density at radius 3 is 2.57 bits per heavy atom. The van der Waals surface area contributed by atoms with Crippen LogP contribution < -0.4 is 4.74 Å². The third kappa shape index (κ3) is 2.54. The molecular weight excluding hydrogens is 286 g/mol. The molecule has 5 heteroatoms. The number of para-hydroxylation sites is 1. The smallest absolute Gasteiger partial charge is 0.242 e. The van der Waals surface area contributed by atoms with Crippen LogP contribution in [0.25, 0.3) is 10.9 Å². The lowest BCUT2D eigenvalue weighted by Gasteiger charge is -2.11. The minimum atomic E-state index is 0.395. The number of nitrogens with zero attached hydrogens (tertiary/aromatic N) is 3. The second kappa shape index (κ2) is 5.30. The number of hydrogen-bond donors (Lipinski definition) is 0. The van der Waals surface area contributed by atoms with E-state index in [0.717, 1.165) is 27.7 Å². The zero-order valence-corrected chi connectivity index (χ0v) is 12.8. The highest BCUT2D eigenvalue weighted by Crippen LogP contribution is 2.31. The van der Waals surface area contributed by atoms with Crippen LogP contribution in [-0.4, -0.2) is 15.2 Å². The van der Waals surface area contributed by atoms with Crippen molar-refractivity contribution < 1.29 is 4.74 Å². The third-order valence-corrected chi connectivity index (χ3v) is 3.81. The van der Waals surface area contributed by atoms with Gasteiger partial charge in [0, 0.05) is 16.6 Å². The average molecular weight is 300 g/mol. The maximum absolute atomic E-state index is 5.96. The lowest BCUT2D eigenvalue weighted by Crippen LogP contribution is -1.98. The number of halogens is 1. The van der Waals surface area contributed by atoms with Crippen LogP contribution in [0.4, 0.5) is 0 Å². The van der Waals surface area contributed by atoms with Crippen molar-refractivity contribution in [2.24, 2.45) is 0 Å². The standard InChI is InChI=1S/C16H14ClN3O/c1-9-7-8-12-5-4-6-13(14(12)18-9)21-16-11(3)10(2)15(17)19-20-16/h4-8H,1-3H3. The summed E-state index contributed by atoms with van der Waals surface area (Å²) < 4.78 is 5.92. The van der Waals surface area contributed by atoms with Crippen molar-refractivity contribution in [3.8, 4) is 11.6 Å². The molecule has 3 rings (SSSR count). The molecule has 0 spiro atoms.